The third kappa shape index (κ3) is 3.56. The molecule has 1 saturated heterocycles. The molecule has 3 aromatic rings. The van der Waals surface area contributed by atoms with Gasteiger partial charge < -0.3 is 9.15 Å². The number of hydrogen-bond acceptors (Lipinski definition) is 4. The number of rotatable bonds is 4. The lowest BCUT2D eigenvalue weighted by atomic mass is 10.1. The van der Waals surface area contributed by atoms with Gasteiger partial charge in [0.25, 0.3) is 0 Å². The Morgan fingerprint density at radius 1 is 1.12 bits per heavy atom. The number of benzene rings is 2. The number of aromatic nitrogens is 1. The Morgan fingerprint density at radius 3 is 2.88 bits per heavy atom. The second-order valence-electron chi connectivity index (χ2n) is 6.20. The lowest BCUT2D eigenvalue weighted by Crippen LogP contribution is -2.40. The number of hydrogen-bond donors (Lipinski definition) is 0. The van der Waals surface area contributed by atoms with Crippen molar-refractivity contribution in [3.63, 3.8) is 0 Å². The standard InChI is InChI=1S/C19H19BrN2O3/c20-15-5-3-4-14(12-15)18-13-21(10-11-24-18)8-9-22-16-6-1-2-7-17(16)25-19(22)23/h1-7,12,18H,8-11,13H2. The van der Waals surface area contributed by atoms with Crippen molar-refractivity contribution in [2.75, 3.05) is 26.2 Å². The second kappa shape index (κ2) is 7.15. The maximum Gasteiger partial charge on any atom is 0.419 e. The molecule has 4 rings (SSSR count). The number of para-hydroxylation sites is 2. The van der Waals surface area contributed by atoms with E-state index in [0.717, 1.165) is 29.6 Å². The lowest BCUT2D eigenvalue weighted by Gasteiger charge is -2.33. The highest BCUT2D eigenvalue weighted by Crippen LogP contribution is 2.24. The van der Waals surface area contributed by atoms with Gasteiger partial charge in [0.1, 0.15) is 0 Å². The van der Waals surface area contributed by atoms with Gasteiger partial charge in [-0.3, -0.25) is 9.47 Å². The SMILES string of the molecule is O=c1oc2ccccc2n1CCN1CCOC(c2cccc(Br)c2)C1. The summed E-state index contributed by atoms with van der Waals surface area (Å²) in [5.74, 6) is -0.294. The number of halogens is 1. The highest BCUT2D eigenvalue weighted by atomic mass is 79.9. The first-order valence-corrected chi connectivity index (χ1v) is 9.18. The Kier molecular flexibility index (Phi) is 4.74. The van der Waals surface area contributed by atoms with Crippen molar-refractivity contribution >= 4 is 27.0 Å². The Hall–Kier alpha value is -1.89. The van der Waals surface area contributed by atoms with Gasteiger partial charge >= 0.3 is 5.76 Å². The summed E-state index contributed by atoms with van der Waals surface area (Å²) in [4.78, 5) is 14.4. The summed E-state index contributed by atoms with van der Waals surface area (Å²) in [6, 6.07) is 15.8. The molecule has 0 radical (unpaired) electrons. The van der Waals surface area contributed by atoms with Crippen molar-refractivity contribution in [2.24, 2.45) is 0 Å². The van der Waals surface area contributed by atoms with E-state index in [1.54, 1.807) is 4.57 Å². The van der Waals surface area contributed by atoms with Crippen LogP contribution < -0.4 is 5.76 Å². The number of fused-ring (bicyclic) bond motifs is 1. The van der Waals surface area contributed by atoms with Crippen LogP contribution in [-0.2, 0) is 11.3 Å². The van der Waals surface area contributed by atoms with Gasteiger partial charge in [-0.1, -0.05) is 40.2 Å². The minimum Gasteiger partial charge on any atom is -0.408 e. The van der Waals surface area contributed by atoms with Crippen LogP contribution in [0.25, 0.3) is 11.1 Å². The molecule has 2 heterocycles. The van der Waals surface area contributed by atoms with Crippen LogP contribution >= 0.6 is 15.9 Å². The van der Waals surface area contributed by atoms with Crippen LogP contribution in [0.3, 0.4) is 0 Å². The van der Waals surface area contributed by atoms with Crippen molar-refractivity contribution in [1.29, 1.82) is 0 Å². The minimum absolute atomic E-state index is 0.0593. The first-order chi connectivity index (χ1) is 12.2. The van der Waals surface area contributed by atoms with Crippen LogP contribution in [0.2, 0.25) is 0 Å². The summed E-state index contributed by atoms with van der Waals surface area (Å²) < 4.78 is 14.0. The van der Waals surface area contributed by atoms with Crippen LogP contribution in [0.5, 0.6) is 0 Å². The minimum atomic E-state index is -0.294. The fraction of sp³-hybridized carbons (Fsp3) is 0.316. The van der Waals surface area contributed by atoms with Gasteiger partial charge in [-0.25, -0.2) is 4.79 Å². The molecule has 2 aromatic carbocycles. The number of oxazole rings is 1. The molecule has 1 aromatic heterocycles. The largest absolute Gasteiger partial charge is 0.419 e. The van der Waals surface area contributed by atoms with Crippen LogP contribution in [0.4, 0.5) is 0 Å². The van der Waals surface area contributed by atoms with E-state index < -0.39 is 0 Å². The molecule has 1 aliphatic rings. The predicted octanol–water partition coefficient (Wildman–Crippen LogP) is 3.43. The van der Waals surface area contributed by atoms with Gasteiger partial charge in [0.05, 0.1) is 18.2 Å². The molecule has 0 spiro atoms. The van der Waals surface area contributed by atoms with E-state index in [1.807, 2.05) is 36.4 Å². The fourth-order valence-corrected chi connectivity index (χ4v) is 3.70. The highest BCUT2D eigenvalue weighted by molar-refractivity contribution is 9.10. The van der Waals surface area contributed by atoms with Gasteiger partial charge in [-0.05, 0) is 29.8 Å². The smallest absolute Gasteiger partial charge is 0.408 e. The molecule has 5 nitrogen and oxygen atoms in total. The Labute approximate surface area is 153 Å². The van der Waals surface area contributed by atoms with Gasteiger partial charge in [-0.15, -0.1) is 0 Å². The maximum atomic E-state index is 12.1. The molecule has 1 atom stereocenters. The molecular formula is C19H19BrN2O3. The molecule has 0 bridgehead atoms. The zero-order valence-corrected chi connectivity index (χ0v) is 15.3. The van der Waals surface area contributed by atoms with E-state index in [4.69, 9.17) is 9.15 Å². The predicted molar refractivity (Wildman–Crippen MR) is 99.7 cm³/mol. The molecule has 0 N–H and O–H groups in total. The molecule has 1 unspecified atom stereocenters. The topological polar surface area (TPSA) is 47.6 Å². The van der Waals surface area contributed by atoms with Crippen molar-refractivity contribution < 1.29 is 9.15 Å². The van der Waals surface area contributed by atoms with Crippen LogP contribution in [0.15, 0.2) is 62.2 Å². The summed E-state index contributed by atoms with van der Waals surface area (Å²) in [6.07, 6.45) is 0.0593. The molecule has 1 fully saturated rings. The maximum absolute atomic E-state index is 12.1. The number of ether oxygens (including phenoxy) is 1. The summed E-state index contributed by atoms with van der Waals surface area (Å²) in [7, 11) is 0. The molecule has 130 valence electrons. The van der Waals surface area contributed by atoms with E-state index >= 15 is 0 Å². The number of morpholine rings is 1. The van der Waals surface area contributed by atoms with Crippen molar-refractivity contribution in [1.82, 2.24) is 9.47 Å². The van der Waals surface area contributed by atoms with Crippen LogP contribution in [0, 0.1) is 0 Å². The van der Waals surface area contributed by atoms with E-state index in [1.165, 1.54) is 5.56 Å². The van der Waals surface area contributed by atoms with Gasteiger partial charge in [0.15, 0.2) is 5.58 Å². The summed E-state index contributed by atoms with van der Waals surface area (Å²) in [6.45, 7) is 3.78. The van der Waals surface area contributed by atoms with E-state index in [0.29, 0.717) is 18.7 Å². The van der Waals surface area contributed by atoms with Gasteiger partial charge in [0.2, 0.25) is 0 Å². The fourth-order valence-electron chi connectivity index (χ4n) is 3.28. The molecule has 0 saturated carbocycles. The summed E-state index contributed by atoms with van der Waals surface area (Å²) in [5, 5.41) is 0. The molecule has 0 aliphatic carbocycles. The molecule has 0 amide bonds. The zero-order chi connectivity index (χ0) is 17.2. The monoisotopic (exact) mass is 402 g/mol. The van der Waals surface area contributed by atoms with Crippen LogP contribution in [-0.4, -0.2) is 35.7 Å². The summed E-state index contributed by atoms with van der Waals surface area (Å²) >= 11 is 3.51. The average molecular weight is 403 g/mol. The number of nitrogens with zero attached hydrogens (tertiary/aromatic N) is 2. The van der Waals surface area contributed by atoms with Crippen molar-refractivity contribution in [3.8, 4) is 0 Å². The quantitative estimate of drug-likeness (QED) is 0.670. The van der Waals surface area contributed by atoms with Gasteiger partial charge in [0, 0.05) is 30.7 Å². The highest BCUT2D eigenvalue weighted by Gasteiger charge is 2.22. The summed E-state index contributed by atoms with van der Waals surface area (Å²) in [5.41, 5.74) is 2.66. The first-order valence-electron chi connectivity index (χ1n) is 8.38. The first kappa shape index (κ1) is 16.6. The zero-order valence-electron chi connectivity index (χ0n) is 13.7. The van der Waals surface area contributed by atoms with Gasteiger partial charge in [-0.2, -0.15) is 0 Å². The average Bonchev–Trinajstić information content (AvgIpc) is 2.95. The normalized spacial score (nSPS) is 18.7. The third-order valence-corrected chi connectivity index (χ3v) is 5.08. The molecule has 6 heteroatoms. The van der Waals surface area contributed by atoms with Crippen LogP contribution in [0.1, 0.15) is 11.7 Å². The van der Waals surface area contributed by atoms with Crippen molar-refractivity contribution in [2.45, 2.75) is 12.6 Å². The van der Waals surface area contributed by atoms with E-state index in [-0.39, 0.29) is 11.9 Å². The molecule has 1 aliphatic heterocycles. The Balaban J connectivity index is 1.46. The Bertz CT molecular complexity index is 934. The second-order valence-corrected chi connectivity index (χ2v) is 7.12. The third-order valence-electron chi connectivity index (χ3n) is 4.58. The van der Waals surface area contributed by atoms with Crippen molar-refractivity contribution in [3.05, 3.63) is 69.1 Å². The molecular weight excluding hydrogens is 384 g/mol. The Morgan fingerprint density at radius 2 is 2.00 bits per heavy atom. The van der Waals surface area contributed by atoms with E-state index in [9.17, 15) is 4.79 Å². The van der Waals surface area contributed by atoms with E-state index in [2.05, 4.69) is 33.0 Å². The lowest BCUT2D eigenvalue weighted by molar-refractivity contribution is -0.0309. The molecule has 25 heavy (non-hydrogen) atoms.